The van der Waals surface area contributed by atoms with Gasteiger partial charge in [0.2, 0.25) is 10.0 Å². The molecule has 0 aliphatic rings. The van der Waals surface area contributed by atoms with Gasteiger partial charge < -0.3 is 5.11 Å². The molecule has 0 bridgehead atoms. The van der Waals surface area contributed by atoms with E-state index in [1.54, 1.807) is 30.3 Å². The molecule has 0 saturated heterocycles. The average Bonchev–Trinajstić information content (AvgIpc) is 2.45. The zero-order valence-electron chi connectivity index (χ0n) is 10.8. The van der Waals surface area contributed by atoms with E-state index in [2.05, 4.69) is 4.72 Å². The van der Waals surface area contributed by atoms with Crippen molar-refractivity contribution in [2.24, 2.45) is 0 Å². The van der Waals surface area contributed by atoms with Gasteiger partial charge in [-0.2, -0.15) is 0 Å². The minimum absolute atomic E-state index is 0.208. The van der Waals surface area contributed by atoms with Gasteiger partial charge >= 0.3 is 0 Å². The van der Waals surface area contributed by atoms with Crippen molar-refractivity contribution in [2.75, 3.05) is 6.54 Å². The van der Waals surface area contributed by atoms with Crippen LogP contribution in [-0.4, -0.2) is 20.1 Å². The number of aliphatic hydroxyl groups is 1. The number of hydrogen-bond acceptors (Lipinski definition) is 3. The number of rotatable bonds is 5. The molecular formula is C14H13ClFNO3S. The van der Waals surface area contributed by atoms with Crippen molar-refractivity contribution in [3.05, 3.63) is 64.9 Å². The molecule has 0 saturated carbocycles. The molecule has 2 rings (SSSR count). The predicted molar refractivity (Wildman–Crippen MR) is 78.0 cm³/mol. The maximum Gasteiger partial charge on any atom is 0.242 e. The summed E-state index contributed by atoms with van der Waals surface area (Å²) in [6.45, 7) is -0.208. The first kappa shape index (κ1) is 15.9. The maximum absolute atomic E-state index is 12.9. The Labute approximate surface area is 127 Å². The monoisotopic (exact) mass is 329 g/mol. The number of sulfonamides is 1. The SMILES string of the molecule is O=S(=O)(NCC(O)c1ccccc1)c1ccc(F)cc1Cl. The second kappa shape index (κ2) is 6.53. The lowest BCUT2D eigenvalue weighted by atomic mass is 10.1. The van der Waals surface area contributed by atoms with Crippen molar-refractivity contribution < 1.29 is 17.9 Å². The molecule has 21 heavy (non-hydrogen) atoms. The van der Waals surface area contributed by atoms with E-state index >= 15 is 0 Å². The molecule has 0 heterocycles. The van der Waals surface area contributed by atoms with Crippen LogP contribution in [0.4, 0.5) is 4.39 Å². The van der Waals surface area contributed by atoms with E-state index in [4.69, 9.17) is 11.6 Å². The van der Waals surface area contributed by atoms with Crippen molar-refractivity contribution in [1.29, 1.82) is 0 Å². The zero-order valence-corrected chi connectivity index (χ0v) is 12.4. The van der Waals surface area contributed by atoms with E-state index in [9.17, 15) is 17.9 Å². The van der Waals surface area contributed by atoms with Crippen molar-refractivity contribution in [3.63, 3.8) is 0 Å². The average molecular weight is 330 g/mol. The molecule has 2 aromatic carbocycles. The summed E-state index contributed by atoms with van der Waals surface area (Å²) < 4.78 is 39.3. The Morgan fingerprint density at radius 3 is 2.48 bits per heavy atom. The summed E-state index contributed by atoms with van der Waals surface area (Å²) in [6.07, 6.45) is -0.986. The molecule has 0 aliphatic carbocycles. The molecule has 0 aromatic heterocycles. The molecule has 1 unspecified atom stereocenters. The van der Waals surface area contributed by atoms with Gasteiger partial charge in [-0.05, 0) is 23.8 Å². The van der Waals surface area contributed by atoms with Gasteiger partial charge in [0.15, 0.2) is 0 Å². The van der Waals surface area contributed by atoms with Crippen LogP contribution in [0.1, 0.15) is 11.7 Å². The summed E-state index contributed by atoms with van der Waals surface area (Å²) in [7, 11) is -3.92. The standard InChI is InChI=1S/C14H13ClFNO3S/c15-12-8-11(16)6-7-14(12)21(19,20)17-9-13(18)10-4-2-1-3-5-10/h1-8,13,17-18H,9H2. The second-order valence-electron chi connectivity index (χ2n) is 4.35. The van der Waals surface area contributed by atoms with Crippen molar-refractivity contribution in [1.82, 2.24) is 4.72 Å². The highest BCUT2D eigenvalue weighted by Gasteiger charge is 2.19. The van der Waals surface area contributed by atoms with Gasteiger partial charge in [0.1, 0.15) is 10.7 Å². The molecule has 4 nitrogen and oxygen atoms in total. The topological polar surface area (TPSA) is 66.4 Å². The largest absolute Gasteiger partial charge is 0.387 e. The molecular weight excluding hydrogens is 317 g/mol. The minimum Gasteiger partial charge on any atom is -0.387 e. The zero-order chi connectivity index (χ0) is 15.5. The number of hydrogen-bond donors (Lipinski definition) is 2. The molecule has 0 amide bonds. The summed E-state index contributed by atoms with van der Waals surface area (Å²) >= 11 is 5.72. The van der Waals surface area contributed by atoms with Gasteiger partial charge in [-0.1, -0.05) is 41.9 Å². The van der Waals surface area contributed by atoms with E-state index in [0.717, 1.165) is 18.2 Å². The first-order chi connectivity index (χ1) is 9.90. The van der Waals surface area contributed by atoms with E-state index in [0.29, 0.717) is 5.56 Å². The van der Waals surface area contributed by atoms with Gasteiger partial charge in [-0.15, -0.1) is 0 Å². The first-order valence-corrected chi connectivity index (χ1v) is 7.94. The Kier molecular flexibility index (Phi) is 4.95. The summed E-state index contributed by atoms with van der Waals surface area (Å²) in [5.41, 5.74) is 0.588. The summed E-state index contributed by atoms with van der Waals surface area (Å²) in [6, 6.07) is 11.6. The van der Waals surface area contributed by atoms with Crippen LogP contribution in [0.2, 0.25) is 5.02 Å². The van der Waals surface area contributed by atoms with Gasteiger partial charge in [0.25, 0.3) is 0 Å². The lowest BCUT2D eigenvalue weighted by Crippen LogP contribution is -2.28. The van der Waals surface area contributed by atoms with Gasteiger partial charge in [-0.25, -0.2) is 17.5 Å². The Morgan fingerprint density at radius 1 is 1.19 bits per heavy atom. The molecule has 112 valence electrons. The third-order valence-corrected chi connectivity index (χ3v) is 4.74. The maximum atomic E-state index is 12.9. The van der Waals surface area contributed by atoms with Crippen LogP contribution in [0.25, 0.3) is 0 Å². The normalized spacial score (nSPS) is 13.1. The van der Waals surface area contributed by atoms with Crippen LogP contribution in [0, 0.1) is 5.82 Å². The molecule has 0 radical (unpaired) electrons. The van der Waals surface area contributed by atoms with Crippen molar-refractivity contribution in [2.45, 2.75) is 11.0 Å². The highest BCUT2D eigenvalue weighted by Crippen LogP contribution is 2.22. The van der Waals surface area contributed by atoms with E-state index in [1.807, 2.05) is 0 Å². The summed E-state index contributed by atoms with van der Waals surface area (Å²) in [5.74, 6) is -0.622. The fourth-order valence-electron chi connectivity index (χ4n) is 1.75. The van der Waals surface area contributed by atoms with Crippen LogP contribution in [0.3, 0.4) is 0 Å². The molecule has 1 atom stereocenters. The van der Waals surface area contributed by atoms with Crippen LogP contribution in [0.15, 0.2) is 53.4 Å². The van der Waals surface area contributed by atoms with Crippen molar-refractivity contribution in [3.8, 4) is 0 Å². The predicted octanol–water partition coefficient (Wildman–Crippen LogP) is 2.49. The number of halogens is 2. The lowest BCUT2D eigenvalue weighted by Gasteiger charge is -2.13. The summed E-state index contributed by atoms with van der Waals surface area (Å²) in [5, 5.41) is 9.71. The van der Waals surface area contributed by atoms with Gasteiger partial charge in [0.05, 0.1) is 11.1 Å². The number of nitrogens with one attached hydrogen (secondary N) is 1. The van der Waals surface area contributed by atoms with Gasteiger partial charge in [-0.3, -0.25) is 0 Å². The van der Waals surface area contributed by atoms with E-state index in [-0.39, 0.29) is 16.5 Å². The fraction of sp³-hybridized carbons (Fsp3) is 0.143. The van der Waals surface area contributed by atoms with E-state index in [1.165, 1.54) is 0 Å². The smallest absolute Gasteiger partial charge is 0.242 e. The van der Waals surface area contributed by atoms with Crippen LogP contribution in [-0.2, 0) is 10.0 Å². The number of benzene rings is 2. The molecule has 0 spiro atoms. The Balaban J connectivity index is 2.11. The Morgan fingerprint density at radius 2 is 1.86 bits per heavy atom. The first-order valence-electron chi connectivity index (χ1n) is 6.08. The van der Waals surface area contributed by atoms with Crippen LogP contribution >= 0.6 is 11.6 Å². The molecule has 2 N–H and O–H groups in total. The molecule has 0 fully saturated rings. The van der Waals surface area contributed by atoms with Crippen molar-refractivity contribution >= 4 is 21.6 Å². The minimum atomic E-state index is -3.92. The highest BCUT2D eigenvalue weighted by molar-refractivity contribution is 7.89. The quantitative estimate of drug-likeness (QED) is 0.885. The second-order valence-corrected chi connectivity index (χ2v) is 6.50. The summed E-state index contributed by atoms with van der Waals surface area (Å²) in [4.78, 5) is -0.231. The third-order valence-electron chi connectivity index (χ3n) is 2.83. The van der Waals surface area contributed by atoms with Crippen LogP contribution in [0.5, 0.6) is 0 Å². The Hall–Kier alpha value is -1.47. The fourth-order valence-corrected chi connectivity index (χ4v) is 3.32. The van der Waals surface area contributed by atoms with E-state index < -0.39 is 21.9 Å². The third kappa shape index (κ3) is 4.01. The molecule has 2 aromatic rings. The molecule has 0 aliphatic heterocycles. The van der Waals surface area contributed by atoms with Gasteiger partial charge in [0, 0.05) is 6.54 Å². The Bertz CT molecular complexity index is 722. The van der Waals surface area contributed by atoms with Crippen LogP contribution < -0.4 is 4.72 Å². The molecule has 7 heteroatoms. The highest BCUT2D eigenvalue weighted by atomic mass is 35.5. The number of aliphatic hydroxyl groups excluding tert-OH is 1. The lowest BCUT2D eigenvalue weighted by molar-refractivity contribution is 0.182.